The van der Waals surface area contributed by atoms with Crippen LogP contribution >= 0.6 is 34.9 Å². The van der Waals surface area contributed by atoms with Gasteiger partial charge in [-0.15, -0.1) is 21.5 Å². The number of thiazole rings is 1. The number of aryl methyl sites for hydroxylation is 2. The molecule has 50 heavy (non-hydrogen) atoms. The molecular formula is C38H38N6O3S3. The Morgan fingerprint density at radius 3 is 2.32 bits per heavy atom. The van der Waals surface area contributed by atoms with E-state index in [-0.39, 0.29) is 35.3 Å². The van der Waals surface area contributed by atoms with Gasteiger partial charge in [0.15, 0.2) is 15.3 Å². The lowest BCUT2D eigenvalue weighted by Gasteiger charge is -2.19. The fraction of sp³-hybridized carbons (Fsp3) is 0.237. The highest BCUT2D eigenvalue weighted by atomic mass is 32.2. The van der Waals surface area contributed by atoms with Crippen LogP contribution in [-0.2, 0) is 21.6 Å². The van der Waals surface area contributed by atoms with Crippen LogP contribution in [0.25, 0.3) is 15.9 Å². The smallest absolute Gasteiger partial charge is 0.234 e. The molecule has 2 heterocycles. The van der Waals surface area contributed by atoms with E-state index in [1.54, 1.807) is 0 Å². The van der Waals surface area contributed by atoms with Crippen molar-refractivity contribution in [2.24, 2.45) is 0 Å². The molecule has 0 radical (unpaired) electrons. The number of para-hydroxylation sites is 1. The summed E-state index contributed by atoms with van der Waals surface area (Å²) in [5, 5.41) is 15.4. The van der Waals surface area contributed by atoms with E-state index < -0.39 is 0 Å². The standard InChI is InChI=1S/C38H38N6O3S3/c1-24-11-17-30(25(2)19-24)40-35(46)23-49-37-41-31-18-14-27(20-32(31)50-37)39-34(45)22-48-36-43-42-33(44(36)28-9-7-6-8-10-28)21-47-29-15-12-26(13-16-29)38(3,4)5/h6-20H,21-23H2,1-5H3,(H,39,45)(H,40,46). The van der Waals surface area contributed by atoms with Crippen molar-refractivity contribution >= 4 is 68.3 Å². The maximum Gasteiger partial charge on any atom is 0.234 e. The molecule has 12 heteroatoms. The van der Waals surface area contributed by atoms with Gasteiger partial charge in [0.25, 0.3) is 0 Å². The maximum absolute atomic E-state index is 13.1. The number of aromatic nitrogens is 4. The molecule has 0 fully saturated rings. The molecule has 0 spiro atoms. The van der Waals surface area contributed by atoms with Crippen LogP contribution in [-0.4, -0.2) is 43.1 Å². The highest BCUT2D eigenvalue weighted by molar-refractivity contribution is 8.01. The fourth-order valence-corrected chi connectivity index (χ4v) is 7.84. The number of anilines is 2. The van der Waals surface area contributed by atoms with Gasteiger partial charge in [0, 0.05) is 17.1 Å². The molecule has 9 nitrogen and oxygen atoms in total. The lowest BCUT2D eigenvalue weighted by atomic mass is 9.87. The molecule has 0 aliphatic rings. The van der Waals surface area contributed by atoms with Crippen LogP contribution in [0.2, 0.25) is 0 Å². The molecule has 2 aromatic heterocycles. The molecule has 256 valence electrons. The minimum Gasteiger partial charge on any atom is -0.486 e. The largest absolute Gasteiger partial charge is 0.486 e. The van der Waals surface area contributed by atoms with Gasteiger partial charge in [-0.2, -0.15) is 0 Å². The Morgan fingerprint density at radius 1 is 0.840 bits per heavy atom. The minimum atomic E-state index is -0.170. The molecule has 0 unspecified atom stereocenters. The fourth-order valence-electron chi connectivity index (χ4n) is 5.16. The molecule has 0 bridgehead atoms. The maximum atomic E-state index is 13.1. The van der Waals surface area contributed by atoms with Crippen molar-refractivity contribution in [2.45, 2.75) is 56.1 Å². The zero-order valence-corrected chi connectivity index (χ0v) is 31.0. The lowest BCUT2D eigenvalue weighted by molar-refractivity contribution is -0.114. The molecule has 0 saturated heterocycles. The van der Waals surface area contributed by atoms with E-state index >= 15 is 0 Å². The minimum absolute atomic E-state index is 0.0591. The molecule has 0 atom stereocenters. The average Bonchev–Trinajstić information content (AvgIpc) is 3.70. The number of fused-ring (bicyclic) bond motifs is 1. The highest BCUT2D eigenvalue weighted by Gasteiger charge is 2.18. The molecule has 2 N–H and O–H groups in total. The van der Waals surface area contributed by atoms with Crippen LogP contribution < -0.4 is 15.4 Å². The van der Waals surface area contributed by atoms with Crippen molar-refractivity contribution in [1.82, 2.24) is 19.7 Å². The van der Waals surface area contributed by atoms with Crippen molar-refractivity contribution in [3.63, 3.8) is 0 Å². The number of nitrogens with zero attached hydrogens (tertiary/aromatic N) is 4. The van der Waals surface area contributed by atoms with E-state index in [2.05, 4.69) is 58.7 Å². The first-order valence-corrected chi connectivity index (χ1v) is 18.9. The lowest BCUT2D eigenvalue weighted by Crippen LogP contribution is -2.14. The predicted molar refractivity (Wildman–Crippen MR) is 205 cm³/mol. The number of amides is 2. The first-order chi connectivity index (χ1) is 24.0. The predicted octanol–water partition coefficient (Wildman–Crippen LogP) is 8.83. The van der Waals surface area contributed by atoms with Crippen LogP contribution in [0.3, 0.4) is 0 Å². The second-order valence-corrected chi connectivity index (χ2v) is 16.0. The second kappa shape index (κ2) is 15.5. The Labute approximate surface area is 304 Å². The summed E-state index contributed by atoms with van der Waals surface area (Å²) in [4.78, 5) is 30.3. The summed E-state index contributed by atoms with van der Waals surface area (Å²) in [5.74, 6) is 1.51. The number of ether oxygens (including phenoxy) is 1. The number of nitrogens with one attached hydrogen (secondary N) is 2. The number of hydrogen-bond donors (Lipinski definition) is 2. The molecule has 4 aromatic carbocycles. The summed E-state index contributed by atoms with van der Waals surface area (Å²) in [6, 6.07) is 29.5. The van der Waals surface area contributed by atoms with E-state index in [0.29, 0.717) is 16.7 Å². The van der Waals surface area contributed by atoms with Crippen LogP contribution in [0.4, 0.5) is 11.4 Å². The van der Waals surface area contributed by atoms with Gasteiger partial charge in [0.2, 0.25) is 11.8 Å². The van der Waals surface area contributed by atoms with E-state index in [1.165, 1.54) is 40.4 Å². The quantitative estimate of drug-likeness (QED) is 0.121. The SMILES string of the molecule is Cc1ccc(NC(=O)CSc2nc3ccc(NC(=O)CSc4nnc(COc5ccc(C(C)(C)C)cc5)n4-c4ccccc4)cc3s2)c(C)c1. The number of rotatable bonds is 12. The van der Waals surface area contributed by atoms with Crippen LogP contribution in [0.15, 0.2) is 100 Å². The molecular weight excluding hydrogens is 685 g/mol. The topological polar surface area (TPSA) is 111 Å². The van der Waals surface area contributed by atoms with Gasteiger partial charge in [0.1, 0.15) is 12.4 Å². The second-order valence-electron chi connectivity index (χ2n) is 12.8. The summed E-state index contributed by atoms with van der Waals surface area (Å²) in [6.07, 6.45) is 0. The number of hydrogen-bond acceptors (Lipinski definition) is 9. The molecule has 6 rings (SSSR count). The molecule has 0 saturated carbocycles. The highest BCUT2D eigenvalue weighted by Crippen LogP contribution is 2.32. The molecule has 0 aliphatic carbocycles. The van der Waals surface area contributed by atoms with E-state index in [9.17, 15) is 9.59 Å². The van der Waals surface area contributed by atoms with Crippen molar-refractivity contribution in [1.29, 1.82) is 0 Å². The monoisotopic (exact) mass is 722 g/mol. The zero-order chi connectivity index (χ0) is 35.3. The Bertz CT molecular complexity index is 2120. The Balaban J connectivity index is 1.06. The van der Waals surface area contributed by atoms with Gasteiger partial charge in [-0.05, 0) is 78.9 Å². The molecule has 6 aromatic rings. The van der Waals surface area contributed by atoms with E-state index in [4.69, 9.17) is 4.74 Å². The van der Waals surface area contributed by atoms with Gasteiger partial charge in [-0.1, -0.05) is 92.3 Å². The van der Waals surface area contributed by atoms with Crippen LogP contribution in [0, 0.1) is 13.8 Å². The Morgan fingerprint density at radius 2 is 1.58 bits per heavy atom. The number of carbonyl (C=O) groups excluding carboxylic acids is 2. The zero-order valence-electron chi connectivity index (χ0n) is 28.5. The first kappa shape index (κ1) is 35.2. The van der Waals surface area contributed by atoms with E-state index in [0.717, 1.165) is 42.8 Å². The summed E-state index contributed by atoms with van der Waals surface area (Å²) < 4.78 is 9.73. The van der Waals surface area contributed by atoms with Gasteiger partial charge >= 0.3 is 0 Å². The first-order valence-electron chi connectivity index (χ1n) is 16.1. The van der Waals surface area contributed by atoms with Gasteiger partial charge in [-0.3, -0.25) is 14.2 Å². The summed E-state index contributed by atoms with van der Waals surface area (Å²) in [6.45, 7) is 10.8. The average molecular weight is 723 g/mol. The van der Waals surface area contributed by atoms with Gasteiger partial charge in [-0.25, -0.2) is 4.98 Å². The van der Waals surface area contributed by atoms with Crippen LogP contribution in [0.5, 0.6) is 5.75 Å². The summed E-state index contributed by atoms with van der Waals surface area (Å²) in [7, 11) is 0. The third-order valence-corrected chi connectivity index (χ3v) is 10.9. The Kier molecular flexibility index (Phi) is 10.9. The van der Waals surface area contributed by atoms with E-state index in [1.807, 2.05) is 97.3 Å². The normalized spacial score (nSPS) is 11.5. The van der Waals surface area contributed by atoms with Crippen molar-refractivity contribution in [2.75, 3.05) is 22.1 Å². The third-order valence-electron chi connectivity index (χ3n) is 7.77. The summed E-state index contributed by atoms with van der Waals surface area (Å²) >= 11 is 4.19. The van der Waals surface area contributed by atoms with Crippen molar-refractivity contribution in [3.8, 4) is 11.4 Å². The number of carbonyl (C=O) groups is 2. The van der Waals surface area contributed by atoms with Crippen molar-refractivity contribution < 1.29 is 14.3 Å². The number of benzene rings is 4. The third kappa shape index (κ3) is 8.92. The van der Waals surface area contributed by atoms with Crippen molar-refractivity contribution in [3.05, 3.63) is 114 Å². The van der Waals surface area contributed by atoms with Gasteiger partial charge in [0.05, 0.1) is 21.7 Å². The summed E-state index contributed by atoms with van der Waals surface area (Å²) in [5.41, 5.74) is 6.66. The molecule has 2 amide bonds. The number of thioether (sulfide) groups is 2. The Hall–Kier alpha value is -4.65. The van der Waals surface area contributed by atoms with Gasteiger partial charge < -0.3 is 15.4 Å². The van der Waals surface area contributed by atoms with Crippen LogP contribution in [0.1, 0.15) is 43.3 Å². The molecule has 0 aliphatic heterocycles.